The second-order valence-electron chi connectivity index (χ2n) is 8.05. The van der Waals surface area contributed by atoms with Crippen LogP contribution in [0.25, 0.3) is 10.8 Å². The van der Waals surface area contributed by atoms with Crippen LogP contribution < -0.4 is 10.1 Å². The van der Waals surface area contributed by atoms with Gasteiger partial charge in [-0.15, -0.1) is 0 Å². The molecule has 0 spiro atoms. The lowest BCUT2D eigenvalue weighted by Gasteiger charge is -2.21. The minimum Gasteiger partial charge on any atom is -0.483 e. The lowest BCUT2D eigenvalue weighted by Crippen LogP contribution is -2.31. The van der Waals surface area contributed by atoms with Crippen molar-refractivity contribution >= 4 is 32.6 Å². The molecule has 0 saturated carbocycles. The number of fused-ring (bicyclic) bond motifs is 1. The van der Waals surface area contributed by atoms with Crippen LogP contribution in [0, 0.1) is 0 Å². The van der Waals surface area contributed by atoms with E-state index >= 15 is 0 Å². The number of nitrogens with one attached hydrogen (secondary N) is 1. The van der Waals surface area contributed by atoms with E-state index in [1.807, 2.05) is 43.3 Å². The fourth-order valence-corrected chi connectivity index (χ4v) is 3.71. The minimum atomic E-state index is -0.146. The predicted molar refractivity (Wildman–Crippen MR) is 119 cm³/mol. The van der Waals surface area contributed by atoms with Gasteiger partial charge in [-0.3, -0.25) is 4.79 Å². The molecule has 3 rings (SSSR count). The molecule has 0 unspecified atom stereocenters. The van der Waals surface area contributed by atoms with E-state index in [2.05, 4.69) is 66.3 Å². The molecule has 28 heavy (non-hydrogen) atoms. The third-order valence-electron chi connectivity index (χ3n) is 4.84. The molecule has 0 radical (unpaired) electrons. The topological polar surface area (TPSA) is 38.3 Å². The van der Waals surface area contributed by atoms with Crippen LogP contribution in [-0.4, -0.2) is 12.5 Å². The molecule has 0 saturated heterocycles. The van der Waals surface area contributed by atoms with Gasteiger partial charge in [-0.2, -0.15) is 0 Å². The standard InChI is InChI=1S/C24H26BrNO2/c1-16(17-9-12-19(13-10-17)24(2,3)4)26-22(27)15-28-21-14-11-18-7-5-6-8-20(18)23(21)25/h5-14,16H,15H2,1-4H3,(H,26,27)/t16-/m0/s1. The summed E-state index contributed by atoms with van der Waals surface area (Å²) in [5.41, 5.74) is 2.47. The number of ether oxygens (including phenoxy) is 1. The van der Waals surface area contributed by atoms with Crippen molar-refractivity contribution in [3.8, 4) is 5.75 Å². The Morgan fingerprint density at radius 1 is 1.04 bits per heavy atom. The first kappa shape index (κ1) is 20.4. The van der Waals surface area contributed by atoms with Gasteiger partial charge >= 0.3 is 0 Å². The average molecular weight is 440 g/mol. The molecule has 1 atom stereocenters. The molecule has 0 heterocycles. The molecule has 3 nitrogen and oxygen atoms in total. The van der Waals surface area contributed by atoms with Crippen LogP contribution in [0.3, 0.4) is 0 Å². The lowest BCUT2D eigenvalue weighted by molar-refractivity contribution is -0.123. The van der Waals surface area contributed by atoms with Crippen molar-refractivity contribution in [2.24, 2.45) is 0 Å². The van der Waals surface area contributed by atoms with E-state index < -0.39 is 0 Å². The Labute approximate surface area is 175 Å². The molecule has 4 heteroatoms. The summed E-state index contributed by atoms with van der Waals surface area (Å²) in [7, 11) is 0. The Kier molecular flexibility index (Phi) is 6.09. The van der Waals surface area contributed by atoms with Crippen molar-refractivity contribution in [1.29, 1.82) is 0 Å². The second kappa shape index (κ2) is 8.36. The summed E-state index contributed by atoms with van der Waals surface area (Å²) in [4.78, 5) is 12.3. The van der Waals surface area contributed by atoms with E-state index in [9.17, 15) is 4.79 Å². The van der Waals surface area contributed by atoms with E-state index in [0.29, 0.717) is 5.75 Å². The molecule has 3 aromatic carbocycles. The fraction of sp³-hybridized carbons (Fsp3) is 0.292. The molecule has 3 aromatic rings. The van der Waals surface area contributed by atoms with Crippen LogP contribution in [0.1, 0.15) is 44.9 Å². The molecule has 1 N–H and O–H groups in total. The zero-order chi connectivity index (χ0) is 20.3. The first-order valence-corrected chi connectivity index (χ1v) is 10.2. The van der Waals surface area contributed by atoms with Crippen molar-refractivity contribution < 1.29 is 9.53 Å². The number of hydrogen-bond acceptors (Lipinski definition) is 2. The van der Waals surface area contributed by atoms with Crippen LogP contribution in [0.5, 0.6) is 5.75 Å². The zero-order valence-corrected chi connectivity index (χ0v) is 18.3. The van der Waals surface area contributed by atoms with Gasteiger partial charge in [-0.1, -0.05) is 75.4 Å². The Morgan fingerprint density at radius 3 is 2.39 bits per heavy atom. The molecule has 0 bridgehead atoms. The predicted octanol–water partition coefficient (Wildman–Crippen LogP) is 6.16. The average Bonchev–Trinajstić information content (AvgIpc) is 2.67. The van der Waals surface area contributed by atoms with Crippen LogP contribution in [0.4, 0.5) is 0 Å². The highest BCUT2D eigenvalue weighted by atomic mass is 79.9. The molecule has 0 aliphatic rings. The van der Waals surface area contributed by atoms with E-state index in [1.165, 1.54) is 5.56 Å². The number of carbonyl (C=O) groups excluding carboxylic acids is 1. The Hall–Kier alpha value is -2.33. The Balaban J connectivity index is 1.60. The molecular formula is C24H26BrNO2. The smallest absolute Gasteiger partial charge is 0.258 e. The Morgan fingerprint density at radius 2 is 1.71 bits per heavy atom. The normalized spacial score (nSPS) is 12.6. The molecule has 0 aromatic heterocycles. The van der Waals surface area contributed by atoms with Crippen molar-refractivity contribution in [2.45, 2.75) is 39.2 Å². The lowest BCUT2D eigenvalue weighted by atomic mass is 9.86. The summed E-state index contributed by atoms with van der Waals surface area (Å²) in [5.74, 6) is 0.517. The fourth-order valence-electron chi connectivity index (χ4n) is 3.11. The van der Waals surface area contributed by atoms with Gasteiger partial charge in [-0.25, -0.2) is 0 Å². The summed E-state index contributed by atoms with van der Waals surface area (Å²) in [6, 6.07) is 20.2. The van der Waals surface area contributed by atoms with Gasteiger partial charge in [0, 0.05) is 0 Å². The molecule has 0 aliphatic carbocycles. The van der Waals surface area contributed by atoms with Crippen molar-refractivity contribution in [2.75, 3.05) is 6.61 Å². The van der Waals surface area contributed by atoms with Gasteiger partial charge in [0.1, 0.15) is 5.75 Å². The first-order chi connectivity index (χ1) is 13.3. The van der Waals surface area contributed by atoms with E-state index in [0.717, 1.165) is 20.8 Å². The van der Waals surface area contributed by atoms with Gasteiger partial charge in [-0.05, 0) is 56.2 Å². The number of benzene rings is 3. The third-order valence-corrected chi connectivity index (χ3v) is 5.66. The summed E-state index contributed by atoms with van der Waals surface area (Å²) in [6.07, 6.45) is 0. The van der Waals surface area contributed by atoms with Gasteiger partial charge in [0.25, 0.3) is 5.91 Å². The van der Waals surface area contributed by atoms with Crippen LogP contribution in [0.2, 0.25) is 0 Å². The maximum absolute atomic E-state index is 12.3. The van der Waals surface area contributed by atoms with Gasteiger partial charge in [0.2, 0.25) is 0 Å². The zero-order valence-electron chi connectivity index (χ0n) is 16.8. The second-order valence-corrected chi connectivity index (χ2v) is 8.84. The van der Waals surface area contributed by atoms with Crippen LogP contribution >= 0.6 is 15.9 Å². The molecule has 0 aliphatic heterocycles. The summed E-state index contributed by atoms with van der Waals surface area (Å²) in [5, 5.41) is 5.19. The van der Waals surface area contributed by atoms with Crippen molar-refractivity contribution in [3.05, 3.63) is 76.3 Å². The molecule has 0 fully saturated rings. The maximum atomic E-state index is 12.3. The highest BCUT2D eigenvalue weighted by Crippen LogP contribution is 2.33. The summed E-state index contributed by atoms with van der Waals surface area (Å²) in [6.45, 7) is 8.53. The minimum absolute atomic E-state index is 0.0264. The number of carbonyl (C=O) groups is 1. The first-order valence-electron chi connectivity index (χ1n) is 9.45. The SMILES string of the molecule is C[C@H](NC(=O)COc1ccc2ccccc2c1Br)c1ccc(C(C)(C)C)cc1. The van der Waals surface area contributed by atoms with Gasteiger partial charge in [0.15, 0.2) is 6.61 Å². The van der Waals surface area contributed by atoms with Gasteiger partial charge < -0.3 is 10.1 Å². The summed E-state index contributed by atoms with van der Waals surface area (Å²) < 4.78 is 6.61. The maximum Gasteiger partial charge on any atom is 0.258 e. The molecule has 146 valence electrons. The number of rotatable bonds is 5. The Bertz CT molecular complexity index is 974. The van der Waals surface area contributed by atoms with Crippen LogP contribution in [-0.2, 0) is 10.2 Å². The quantitative estimate of drug-likeness (QED) is 0.516. The number of halogens is 1. The number of amides is 1. The molecular weight excluding hydrogens is 414 g/mol. The molecule has 1 amide bonds. The summed E-state index contributed by atoms with van der Waals surface area (Å²) >= 11 is 3.59. The largest absolute Gasteiger partial charge is 0.483 e. The van der Waals surface area contributed by atoms with Crippen molar-refractivity contribution in [3.63, 3.8) is 0 Å². The highest BCUT2D eigenvalue weighted by molar-refractivity contribution is 9.10. The third kappa shape index (κ3) is 4.74. The van der Waals surface area contributed by atoms with E-state index in [4.69, 9.17) is 4.74 Å². The van der Waals surface area contributed by atoms with Gasteiger partial charge in [0.05, 0.1) is 10.5 Å². The highest BCUT2D eigenvalue weighted by Gasteiger charge is 2.15. The number of hydrogen-bond donors (Lipinski definition) is 1. The van der Waals surface area contributed by atoms with Crippen molar-refractivity contribution in [1.82, 2.24) is 5.32 Å². The monoisotopic (exact) mass is 439 g/mol. The van der Waals surface area contributed by atoms with E-state index in [1.54, 1.807) is 0 Å². The van der Waals surface area contributed by atoms with Crippen LogP contribution in [0.15, 0.2) is 65.1 Å². The van der Waals surface area contributed by atoms with E-state index in [-0.39, 0.29) is 24.0 Å².